The van der Waals surface area contributed by atoms with Crippen LogP contribution in [0.25, 0.3) is 0 Å². The molecule has 0 heterocycles. The van der Waals surface area contributed by atoms with Gasteiger partial charge in [-0.05, 0) is 61.1 Å². The molecule has 142 valence electrons. The molecule has 0 aliphatic carbocycles. The number of ether oxygens (including phenoxy) is 1. The van der Waals surface area contributed by atoms with Crippen molar-refractivity contribution in [2.24, 2.45) is 0 Å². The number of alkyl halides is 3. The van der Waals surface area contributed by atoms with Crippen molar-refractivity contribution in [3.8, 4) is 5.75 Å². The highest BCUT2D eigenvalue weighted by Crippen LogP contribution is 2.37. The molecular formula is C20H21Cl2F3O. The maximum Gasteiger partial charge on any atom is 0.419 e. The van der Waals surface area contributed by atoms with Crippen LogP contribution in [0.1, 0.15) is 42.9 Å². The Balaban J connectivity index is 1.98. The van der Waals surface area contributed by atoms with Gasteiger partial charge in [0.25, 0.3) is 0 Å². The molecule has 6 heteroatoms. The Hall–Kier alpha value is -1.39. The third-order valence-electron chi connectivity index (χ3n) is 4.02. The standard InChI is InChI=1S/C20H21Cl2F3O/c1-2-3-5-14-8-10-19(16(12-14)20(23,24)25)26-11-4-6-15-7-9-17(21)18(22)13-15/h7-10,12-13H,2-6,11H2,1H3. The average Bonchev–Trinajstić information content (AvgIpc) is 2.59. The molecule has 0 fully saturated rings. The first-order valence-corrected chi connectivity index (χ1v) is 9.33. The van der Waals surface area contributed by atoms with Crippen LogP contribution in [-0.2, 0) is 19.0 Å². The van der Waals surface area contributed by atoms with E-state index in [9.17, 15) is 13.2 Å². The van der Waals surface area contributed by atoms with Gasteiger partial charge in [-0.1, -0.05) is 48.7 Å². The lowest BCUT2D eigenvalue weighted by molar-refractivity contribution is -0.139. The zero-order valence-corrected chi connectivity index (χ0v) is 16.0. The minimum absolute atomic E-state index is 0.119. The predicted molar refractivity (Wildman–Crippen MR) is 100 cm³/mol. The quantitative estimate of drug-likeness (QED) is 0.417. The van der Waals surface area contributed by atoms with Crippen molar-refractivity contribution in [3.05, 3.63) is 63.1 Å². The summed E-state index contributed by atoms with van der Waals surface area (Å²) in [6.45, 7) is 2.20. The van der Waals surface area contributed by atoms with Gasteiger partial charge in [0.1, 0.15) is 5.75 Å². The second kappa shape index (κ2) is 9.52. The molecule has 0 radical (unpaired) electrons. The summed E-state index contributed by atoms with van der Waals surface area (Å²) < 4.78 is 45.3. The summed E-state index contributed by atoms with van der Waals surface area (Å²) >= 11 is 11.8. The molecule has 0 atom stereocenters. The number of aryl methyl sites for hydroxylation is 2. The van der Waals surface area contributed by atoms with Crippen molar-refractivity contribution in [2.75, 3.05) is 6.61 Å². The number of benzene rings is 2. The van der Waals surface area contributed by atoms with E-state index in [1.54, 1.807) is 18.2 Å². The maximum atomic E-state index is 13.3. The monoisotopic (exact) mass is 404 g/mol. The van der Waals surface area contributed by atoms with Gasteiger partial charge in [0.2, 0.25) is 0 Å². The fourth-order valence-electron chi connectivity index (χ4n) is 2.61. The molecule has 2 rings (SSSR count). The van der Waals surface area contributed by atoms with Crippen molar-refractivity contribution in [1.29, 1.82) is 0 Å². The van der Waals surface area contributed by atoms with Crippen molar-refractivity contribution in [1.82, 2.24) is 0 Å². The third kappa shape index (κ3) is 6.10. The van der Waals surface area contributed by atoms with Crippen LogP contribution in [0, 0.1) is 0 Å². The lowest BCUT2D eigenvalue weighted by Crippen LogP contribution is -2.10. The second-order valence-electron chi connectivity index (χ2n) is 6.13. The number of unbranched alkanes of at least 4 members (excludes halogenated alkanes) is 1. The van der Waals surface area contributed by atoms with Gasteiger partial charge in [-0.3, -0.25) is 0 Å². The van der Waals surface area contributed by atoms with E-state index in [2.05, 4.69) is 0 Å². The summed E-state index contributed by atoms with van der Waals surface area (Å²) in [5.41, 5.74) is 0.942. The zero-order chi connectivity index (χ0) is 19.2. The van der Waals surface area contributed by atoms with E-state index >= 15 is 0 Å². The first-order chi connectivity index (χ1) is 12.3. The van der Waals surface area contributed by atoms with Gasteiger partial charge >= 0.3 is 6.18 Å². The summed E-state index contributed by atoms with van der Waals surface area (Å²) in [6, 6.07) is 9.64. The molecule has 0 unspecified atom stereocenters. The Morgan fingerprint density at radius 1 is 0.885 bits per heavy atom. The largest absolute Gasteiger partial charge is 0.493 e. The highest BCUT2D eigenvalue weighted by Gasteiger charge is 2.34. The summed E-state index contributed by atoms with van der Waals surface area (Å²) in [5.74, 6) is -0.119. The normalized spacial score (nSPS) is 11.6. The van der Waals surface area contributed by atoms with Gasteiger partial charge < -0.3 is 4.74 Å². The van der Waals surface area contributed by atoms with Crippen LogP contribution in [-0.4, -0.2) is 6.61 Å². The summed E-state index contributed by atoms with van der Waals surface area (Å²) in [5, 5.41) is 0.941. The van der Waals surface area contributed by atoms with Gasteiger partial charge in [0, 0.05) is 0 Å². The highest BCUT2D eigenvalue weighted by atomic mass is 35.5. The van der Waals surface area contributed by atoms with Crippen molar-refractivity contribution in [2.45, 2.75) is 45.2 Å². The molecule has 2 aromatic rings. The minimum atomic E-state index is -4.43. The molecule has 0 aromatic heterocycles. The lowest BCUT2D eigenvalue weighted by Gasteiger charge is -2.15. The summed E-state index contributed by atoms with van der Waals surface area (Å²) in [6.07, 6.45) is -0.770. The smallest absolute Gasteiger partial charge is 0.419 e. The number of hydrogen-bond acceptors (Lipinski definition) is 1. The lowest BCUT2D eigenvalue weighted by atomic mass is 10.0. The van der Waals surface area contributed by atoms with E-state index < -0.39 is 11.7 Å². The molecule has 0 aliphatic rings. The zero-order valence-electron chi connectivity index (χ0n) is 14.5. The molecule has 0 N–H and O–H groups in total. The van der Waals surface area contributed by atoms with Crippen LogP contribution in [0.2, 0.25) is 10.0 Å². The van der Waals surface area contributed by atoms with Gasteiger partial charge in [0.15, 0.2) is 0 Å². The van der Waals surface area contributed by atoms with Gasteiger partial charge in [-0.25, -0.2) is 0 Å². The van der Waals surface area contributed by atoms with Crippen molar-refractivity contribution >= 4 is 23.2 Å². The van der Waals surface area contributed by atoms with E-state index in [0.29, 0.717) is 34.9 Å². The molecule has 2 aromatic carbocycles. The van der Waals surface area contributed by atoms with Crippen molar-refractivity contribution < 1.29 is 17.9 Å². The molecular weight excluding hydrogens is 384 g/mol. The van der Waals surface area contributed by atoms with Crippen LogP contribution >= 0.6 is 23.2 Å². The van der Waals surface area contributed by atoms with E-state index in [0.717, 1.165) is 18.4 Å². The Kier molecular flexibility index (Phi) is 7.66. The maximum absolute atomic E-state index is 13.3. The Morgan fingerprint density at radius 2 is 1.54 bits per heavy atom. The fraction of sp³-hybridized carbons (Fsp3) is 0.400. The minimum Gasteiger partial charge on any atom is -0.493 e. The van der Waals surface area contributed by atoms with Gasteiger partial charge in [-0.2, -0.15) is 13.2 Å². The van der Waals surface area contributed by atoms with Gasteiger partial charge in [0.05, 0.1) is 22.2 Å². The first kappa shape index (κ1) is 20.9. The number of hydrogen-bond donors (Lipinski definition) is 0. The average molecular weight is 405 g/mol. The third-order valence-corrected chi connectivity index (χ3v) is 4.76. The Morgan fingerprint density at radius 3 is 2.19 bits per heavy atom. The molecule has 0 amide bonds. The molecule has 0 bridgehead atoms. The first-order valence-electron chi connectivity index (χ1n) is 8.58. The second-order valence-corrected chi connectivity index (χ2v) is 6.95. The molecule has 26 heavy (non-hydrogen) atoms. The molecule has 0 aliphatic heterocycles. The molecule has 0 spiro atoms. The van der Waals surface area contributed by atoms with Crippen LogP contribution in [0.5, 0.6) is 5.75 Å². The molecule has 1 nitrogen and oxygen atoms in total. The SMILES string of the molecule is CCCCc1ccc(OCCCc2ccc(Cl)c(Cl)c2)c(C(F)(F)F)c1. The Labute approximate surface area is 162 Å². The van der Waals surface area contributed by atoms with E-state index in [1.807, 2.05) is 13.0 Å². The summed E-state index contributed by atoms with van der Waals surface area (Å²) in [4.78, 5) is 0. The van der Waals surface area contributed by atoms with Crippen LogP contribution in [0.15, 0.2) is 36.4 Å². The predicted octanol–water partition coefficient (Wildman–Crippen LogP) is 7.37. The summed E-state index contributed by atoms with van der Waals surface area (Å²) in [7, 11) is 0. The topological polar surface area (TPSA) is 9.23 Å². The van der Waals surface area contributed by atoms with Crippen LogP contribution in [0.3, 0.4) is 0 Å². The van der Waals surface area contributed by atoms with Crippen molar-refractivity contribution in [3.63, 3.8) is 0 Å². The van der Waals surface area contributed by atoms with Crippen LogP contribution < -0.4 is 4.74 Å². The number of halogens is 5. The molecule has 0 saturated carbocycles. The van der Waals surface area contributed by atoms with Crippen LogP contribution in [0.4, 0.5) is 13.2 Å². The van der Waals surface area contributed by atoms with E-state index in [4.69, 9.17) is 27.9 Å². The van der Waals surface area contributed by atoms with Gasteiger partial charge in [-0.15, -0.1) is 0 Å². The van der Waals surface area contributed by atoms with E-state index in [-0.39, 0.29) is 12.4 Å². The number of rotatable bonds is 8. The fourth-order valence-corrected chi connectivity index (χ4v) is 2.94. The van der Waals surface area contributed by atoms with E-state index in [1.165, 1.54) is 12.1 Å². The highest BCUT2D eigenvalue weighted by molar-refractivity contribution is 6.42. The molecule has 0 saturated heterocycles. The Bertz CT molecular complexity index is 729.